The second-order valence-electron chi connectivity index (χ2n) is 6.32. The van der Waals surface area contributed by atoms with E-state index in [-0.39, 0.29) is 5.92 Å². The molecule has 1 saturated carbocycles. The van der Waals surface area contributed by atoms with Gasteiger partial charge in [-0.15, -0.1) is 6.58 Å². The monoisotopic (exact) mass is 302 g/mol. The first-order chi connectivity index (χ1) is 10.1. The van der Waals surface area contributed by atoms with Crippen LogP contribution in [0, 0.1) is 23.7 Å². The lowest BCUT2D eigenvalue weighted by molar-refractivity contribution is -0.120. The van der Waals surface area contributed by atoms with Crippen LogP contribution in [-0.2, 0) is 10.5 Å². The van der Waals surface area contributed by atoms with Gasteiger partial charge in [0.2, 0.25) is 0 Å². The van der Waals surface area contributed by atoms with Gasteiger partial charge in [-0.05, 0) is 48.8 Å². The molecule has 0 aliphatic heterocycles. The summed E-state index contributed by atoms with van der Waals surface area (Å²) in [6.07, 6.45) is 4.14. The fraction of sp³-hybridized carbons (Fsp3) is 0.526. The smallest absolute Gasteiger partial charge is 0.132 e. The molecule has 2 rings (SSSR count). The van der Waals surface area contributed by atoms with E-state index in [9.17, 15) is 4.79 Å². The lowest BCUT2D eigenvalue weighted by Crippen LogP contribution is -2.17. The topological polar surface area (TPSA) is 17.1 Å². The van der Waals surface area contributed by atoms with E-state index in [0.29, 0.717) is 23.5 Å². The van der Waals surface area contributed by atoms with Crippen LogP contribution in [0.2, 0.25) is 0 Å². The van der Waals surface area contributed by atoms with E-state index in [2.05, 4.69) is 49.9 Å². The van der Waals surface area contributed by atoms with Crippen LogP contribution in [-0.4, -0.2) is 11.5 Å². The van der Waals surface area contributed by atoms with Crippen molar-refractivity contribution < 1.29 is 4.79 Å². The molecule has 2 heteroatoms. The average Bonchev–Trinajstić information content (AvgIpc) is 2.93. The van der Waals surface area contributed by atoms with E-state index in [1.165, 1.54) is 5.56 Å². The van der Waals surface area contributed by atoms with E-state index < -0.39 is 0 Å². The summed E-state index contributed by atoms with van der Waals surface area (Å²) in [5.41, 5.74) is 1.39. The number of carbonyl (C=O) groups excluding carboxylic acids is 1. The van der Waals surface area contributed by atoms with Crippen molar-refractivity contribution >= 4 is 17.5 Å². The van der Waals surface area contributed by atoms with Crippen molar-refractivity contribution in [3.63, 3.8) is 0 Å². The highest BCUT2D eigenvalue weighted by atomic mass is 32.2. The summed E-state index contributed by atoms with van der Waals surface area (Å²) in [6, 6.07) is 10.6. The van der Waals surface area contributed by atoms with Crippen LogP contribution in [0.5, 0.6) is 0 Å². The first-order valence-electron chi connectivity index (χ1n) is 7.86. The quantitative estimate of drug-likeness (QED) is 0.661. The van der Waals surface area contributed by atoms with E-state index in [1.54, 1.807) is 6.92 Å². The number of thioether (sulfide) groups is 1. The Balaban J connectivity index is 1.83. The number of rotatable bonds is 7. The van der Waals surface area contributed by atoms with Gasteiger partial charge in [-0.3, -0.25) is 4.79 Å². The van der Waals surface area contributed by atoms with Crippen LogP contribution in [0.25, 0.3) is 0 Å². The lowest BCUT2D eigenvalue weighted by Gasteiger charge is -2.23. The molecule has 114 valence electrons. The molecule has 1 aromatic carbocycles. The standard InChI is InChI=1S/C19H26OS/c1-4-17-10-18(15(3)20)11-19(17)14(2)12-21-13-16-8-6-5-7-9-16/h4-9,14,17-19H,1,10-13H2,2-3H3. The second kappa shape index (κ2) is 7.84. The molecular formula is C19H26OS. The van der Waals surface area contributed by atoms with Gasteiger partial charge in [0.05, 0.1) is 0 Å². The molecule has 0 amide bonds. The van der Waals surface area contributed by atoms with Crippen LogP contribution in [0.1, 0.15) is 32.3 Å². The maximum Gasteiger partial charge on any atom is 0.132 e. The Labute approximate surface area is 133 Å². The molecule has 0 saturated heterocycles. The lowest BCUT2D eigenvalue weighted by atomic mass is 9.86. The third-order valence-electron chi connectivity index (χ3n) is 4.76. The first kappa shape index (κ1) is 16.4. The molecule has 1 aliphatic rings. The molecule has 21 heavy (non-hydrogen) atoms. The number of allylic oxidation sites excluding steroid dienone is 1. The predicted octanol–water partition coefficient (Wildman–Crippen LogP) is 4.97. The summed E-state index contributed by atoms with van der Waals surface area (Å²) in [4.78, 5) is 11.6. The Hall–Kier alpha value is -1.02. The van der Waals surface area contributed by atoms with Gasteiger partial charge in [0, 0.05) is 11.7 Å². The Bertz CT molecular complexity index is 468. The highest BCUT2D eigenvalue weighted by molar-refractivity contribution is 7.98. The van der Waals surface area contributed by atoms with Crippen molar-refractivity contribution in [1.29, 1.82) is 0 Å². The zero-order valence-corrected chi connectivity index (χ0v) is 13.9. The van der Waals surface area contributed by atoms with Gasteiger partial charge in [0.25, 0.3) is 0 Å². The summed E-state index contributed by atoms with van der Waals surface area (Å²) < 4.78 is 0. The number of hydrogen-bond donors (Lipinski definition) is 0. The van der Waals surface area contributed by atoms with Gasteiger partial charge in [-0.25, -0.2) is 0 Å². The largest absolute Gasteiger partial charge is 0.300 e. The van der Waals surface area contributed by atoms with Crippen molar-refractivity contribution in [2.24, 2.45) is 23.7 Å². The number of ketones is 1. The van der Waals surface area contributed by atoms with Crippen LogP contribution in [0.15, 0.2) is 43.0 Å². The van der Waals surface area contributed by atoms with Crippen molar-refractivity contribution in [3.8, 4) is 0 Å². The second-order valence-corrected chi connectivity index (χ2v) is 7.35. The van der Waals surface area contributed by atoms with Crippen molar-refractivity contribution in [2.45, 2.75) is 32.4 Å². The number of hydrogen-bond acceptors (Lipinski definition) is 2. The van der Waals surface area contributed by atoms with E-state index >= 15 is 0 Å². The SMILES string of the molecule is C=CC1CC(C(C)=O)CC1C(C)CSCc1ccccc1. The fourth-order valence-corrected chi connectivity index (χ4v) is 4.59. The maximum atomic E-state index is 11.6. The molecular weight excluding hydrogens is 276 g/mol. The minimum atomic E-state index is 0.263. The van der Waals surface area contributed by atoms with Crippen molar-refractivity contribution in [3.05, 3.63) is 48.6 Å². The van der Waals surface area contributed by atoms with E-state index in [1.807, 2.05) is 11.8 Å². The Morgan fingerprint density at radius 1 is 1.38 bits per heavy atom. The molecule has 1 aliphatic carbocycles. The molecule has 4 unspecified atom stereocenters. The molecule has 1 aromatic rings. The van der Waals surface area contributed by atoms with E-state index in [4.69, 9.17) is 0 Å². The van der Waals surface area contributed by atoms with E-state index in [0.717, 1.165) is 24.3 Å². The van der Waals surface area contributed by atoms with Gasteiger partial charge in [0.1, 0.15) is 5.78 Å². The van der Waals surface area contributed by atoms with Crippen molar-refractivity contribution in [1.82, 2.24) is 0 Å². The van der Waals surface area contributed by atoms with Gasteiger partial charge < -0.3 is 0 Å². The summed E-state index contributed by atoms with van der Waals surface area (Å²) in [5.74, 6) is 4.64. The zero-order chi connectivity index (χ0) is 15.2. The molecule has 0 aromatic heterocycles. The first-order valence-corrected chi connectivity index (χ1v) is 9.02. The average molecular weight is 302 g/mol. The third-order valence-corrected chi connectivity index (χ3v) is 6.06. The third kappa shape index (κ3) is 4.47. The highest BCUT2D eigenvalue weighted by Gasteiger charge is 2.37. The van der Waals surface area contributed by atoms with Crippen LogP contribution in [0.4, 0.5) is 0 Å². The van der Waals surface area contributed by atoms with Gasteiger partial charge in [-0.2, -0.15) is 11.8 Å². The zero-order valence-electron chi connectivity index (χ0n) is 13.1. The van der Waals surface area contributed by atoms with Gasteiger partial charge in [-0.1, -0.05) is 43.3 Å². The molecule has 0 radical (unpaired) electrons. The summed E-state index contributed by atoms with van der Waals surface area (Å²) in [7, 11) is 0. The van der Waals surface area contributed by atoms with Gasteiger partial charge >= 0.3 is 0 Å². The molecule has 0 N–H and O–H groups in total. The maximum absolute atomic E-state index is 11.6. The Morgan fingerprint density at radius 2 is 2.10 bits per heavy atom. The number of benzene rings is 1. The minimum absolute atomic E-state index is 0.263. The van der Waals surface area contributed by atoms with Crippen LogP contribution in [0.3, 0.4) is 0 Å². The normalized spacial score (nSPS) is 26.5. The van der Waals surface area contributed by atoms with Crippen molar-refractivity contribution in [2.75, 3.05) is 5.75 Å². The molecule has 0 bridgehead atoms. The van der Waals surface area contributed by atoms with Crippen LogP contribution >= 0.6 is 11.8 Å². The summed E-state index contributed by atoms with van der Waals surface area (Å²) >= 11 is 2.00. The molecule has 0 heterocycles. The fourth-order valence-electron chi connectivity index (χ4n) is 3.42. The molecule has 4 atom stereocenters. The summed E-state index contributed by atoms with van der Waals surface area (Å²) in [6.45, 7) is 8.05. The summed E-state index contributed by atoms with van der Waals surface area (Å²) in [5, 5.41) is 0. The molecule has 1 fully saturated rings. The Kier molecular flexibility index (Phi) is 6.10. The predicted molar refractivity (Wildman–Crippen MR) is 92.4 cm³/mol. The minimum Gasteiger partial charge on any atom is -0.300 e. The number of Topliss-reactive ketones (excluding diaryl/α,β-unsaturated/α-hetero) is 1. The molecule has 0 spiro atoms. The van der Waals surface area contributed by atoms with Gasteiger partial charge in [0.15, 0.2) is 0 Å². The molecule has 1 nitrogen and oxygen atoms in total. The number of carbonyl (C=O) groups is 1. The highest BCUT2D eigenvalue weighted by Crippen LogP contribution is 2.42. The van der Waals surface area contributed by atoms with Crippen LogP contribution < -0.4 is 0 Å². The Morgan fingerprint density at radius 3 is 2.71 bits per heavy atom.